The molecule has 27 heavy (non-hydrogen) atoms. The van der Waals surface area contributed by atoms with Crippen LogP contribution in [0.15, 0.2) is 12.1 Å². The Morgan fingerprint density at radius 3 is 1.44 bits per heavy atom. The Morgan fingerprint density at radius 2 is 1.04 bits per heavy atom. The highest BCUT2D eigenvalue weighted by Gasteiger charge is 2.20. The third-order valence-corrected chi connectivity index (χ3v) is 8.45. The summed E-state index contributed by atoms with van der Waals surface area (Å²) < 4.78 is 0. The van der Waals surface area contributed by atoms with Gasteiger partial charge in [-0.2, -0.15) is 23.5 Å². The zero-order chi connectivity index (χ0) is 19.9. The third kappa shape index (κ3) is 4.12. The Balaban J connectivity index is 2.06. The lowest BCUT2D eigenvalue weighted by Crippen LogP contribution is -2.13. The lowest BCUT2D eigenvalue weighted by molar-refractivity contribution is 0.588. The summed E-state index contributed by atoms with van der Waals surface area (Å²) in [5, 5.41) is 0. The first-order chi connectivity index (χ1) is 12.6. The minimum atomic E-state index is 0.203. The number of rotatable bonds is 0. The Labute approximate surface area is 174 Å². The molecule has 0 atom stereocenters. The molecule has 3 rings (SSSR count). The summed E-state index contributed by atoms with van der Waals surface area (Å²) in [6, 6.07) is 4.93. The topological polar surface area (TPSA) is 0 Å². The van der Waals surface area contributed by atoms with Crippen molar-refractivity contribution in [1.82, 2.24) is 0 Å². The lowest BCUT2D eigenvalue weighted by Gasteiger charge is -2.25. The van der Waals surface area contributed by atoms with Gasteiger partial charge in [-0.3, -0.25) is 0 Å². The number of fused-ring (bicyclic) bond motifs is 4. The Hall–Kier alpha value is -0.860. The van der Waals surface area contributed by atoms with Crippen molar-refractivity contribution in [1.29, 1.82) is 0 Å². The Bertz CT molecular complexity index is 811. The van der Waals surface area contributed by atoms with E-state index in [0.29, 0.717) is 0 Å². The molecule has 0 aliphatic carbocycles. The number of benzene rings is 2. The molecule has 4 bridgehead atoms. The van der Waals surface area contributed by atoms with E-state index in [9.17, 15) is 0 Å². The molecule has 2 aromatic rings. The second-order valence-corrected chi connectivity index (χ2v) is 11.1. The van der Waals surface area contributed by atoms with Crippen molar-refractivity contribution in [2.24, 2.45) is 0 Å². The van der Waals surface area contributed by atoms with Crippen LogP contribution >= 0.6 is 23.5 Å². The summed E-state index contributed by atoms with van der Waals surface area (Å²) in [6.07, 6.45) is 0. The molecule has 0 nitrogen and oxygen atoms in total. The maximum atomic E-state index is 2.47. The highest BCUT2D eigenvalue weighted by Crippen LogP contribution is 2.36. The summed E-state index contributed by atoms with van der Waals surface area (Å²) in [4.78, 5) is 0. The molecule has 2 aromatic carbocycles. The molecule has 0 fully saturated rings. The van der Waals surface area contributed by atoms with Crippen molar-refractivity contribution < 1.29 is 0 Å². The predicted octanol–water partition coefficient (Wildman–Crippen LogP) is 7.71. The van der Waals surface area contributed by atoms with E-state index in [4.69, 9.17) is 0 Å². The minimum absolute atomic E-state index is 0.203. The second-order valence-electron chi connectivity index (χ2n) is 9.11. The molecular weight excluding hydrogens is 364 g/mol. The van der Waals surface area contributed by atoms with Crippen LogP contribution in [0.1, 0.15) is 76.4 Å². The van der Waals surface area contributed by atoms with Gasteiger partial charge < -0.3 is 0 Å². The molecule has 2 heteroatoms. The van der Waals surface area contributed by atoms with E-state index in [2.05, 4.69) is 91.0 Å². The number of thioether (sulfide) groups is 2. The summed E-state index contributed by atoms with van der Waals surface area (Å²) in [6.45, 7) is 18.6. The van der Waals surface area contributed by atoms with Gasteiger partial charge in [0.15, 0.2) is 0 Å². The molecule has 1 heterocycles. The molecule has 0 saturated heterocycles. The number of hydrogen-bond acceptors (Lipinski definition) is 2. The van der Waals surface area contributed by atoms with Crippen molar-refractivity contribution in [3.05, 3.63) is 67.8 Å². The van der Waals surface area contributed by atoms with Gasteiger partial charge in [-0.25, -0.2) is 0 Å². The Kier molecular flexibility index (Phi) is 6.08. The summed E-state index contributed by atoms with van der Waals surface area (Å²) in [7, 11) is 0. The van der Waals surface area contributed by atoms with Crippen molar-refractivity contribution in [2.75, 3.05) is 0 Å². The highest BCUT2D eigenvalue weighted by atomic mass is 32.2. The summed E-state index contributed by atoms with van der Waals surface area (Å²) in [5.74, 6) is 4.44. The van der Waals surface area contributed by atoms with E-state index in [1.165, 1.54) is 44.5 Å². The van der Waals surface area contributed by atoms with E-state index in [1.807, 2.05) is 0 Å². The maximum absolute atomic E-state index is 2.47. The molecule has 0 unspecified atom stereocenters. The fourth-order valence-electron chi connectivity index (χ4n) is 4.01. The normalized spacial score (nSPS) is 15.3. The van der Waals surface area contributed by atoms with E-state index >= 15 is 0 Å². The zero-order valence-electron chi connectivity index (χ0n) is 18.3. The fraction of sp³-hybridized carbons (Fsp3) is 0.520. The molecule has 0 amide bonds. The lowest BCUT2D eigenvalue weighted by atomic mass is 9.84. The van der Waals surface area contributed by atoms with E-state index in [-0.39, 0.29) is 5.41 Å². The highest BCUT2D eigenvalue weighted by molar-refractivity contribution is 7.98. The molecule has 0 saturated carbocycles. The first kappa shape index (κ1) is 20.9. The van der Waals surface area contributed by atoms with Gasteiger partial charge in [-0.05, 0) is 95.7 Å². The standard InChI is InChI=1S/C25H34S2/c1-15-16(2)23-13-26-11-20-9-22(25(6,7)8)10-21(18(20)4)12-27-14-24(17(15)3)19(23)5/h9-10H,11-14H2,1-8H3. The van der Waals surface area contributed by atoms with Crippen LogP contribution in [0.4, 0.5) is 0 Å². The van der Waals surface area contributed by atoms with Gasteiger partial charge >= 0.3 is 0 Å². The summed E-state index contributed by atoms with van der Waals surface area (Å²) >= 11 is 4.16. The van der Waals surface area contributed by atoms with Crippen LogP contribution in [-0.2, 0) is 28.4 Å². The van der Waals surface area contributed by atoms with Crippen LogP contribution < -0.4 is 0 Å². The van der Waals surface area contributed by atoms with Crippen LogP contribution in [-0.4, -0.2) is 0 Å². The SMILES string of the molecule is Cc1c2cc(C(C)(C)C)cc1CSCc1c(C)c(C)c(C)c(c1C)CSC2. The predicted molar refractivity (Wildman–Crippen MR) is 125 cm³/mol. The summed E-state index contributed by atoms with van der Waals surface area (Å²) in [5.41, 5.74) is 15.4. The molecule has 1 aliphatic rings. The molecule has 0 radical (unpaired) electrons. The molecular formula is C25H34S2. The van der Waals surface area contributed by atoms with Gasteiger partial charge in [0.05, 0.1) is 0 Å². The second kappa shape index (κ2) is 7.87. The Morgan fingerprint density at radius 1 is 0.593 bits per heavy atom. The van der Waals surface area contributed by atoms with Crippen molar-refractivity contribution in [3.63, 3.8) is 0 Å². The van der Waals surface area contributed by atoms with E-state index in [1.54, 1.807) is 11.1 Å². The van der Waals surface area contributed by atoms with Crippen LogP contribution in [0.3, 0.4) is 0 Å². The van der Waals surface area contributed by atoms with E-state index < -0.39 is 0 Å². The van der Waals surface area contributed by atoms with Gasteiger partial charge in [0.2, 0.25) is 0 Å². The average Bonchev–Trinajstić information content (AvgIpc) is 2.59. The minimum Gasteiger partial charge on any atom is -0.152 e. The monoisotopic (exact) mass is 398 g/mol. The van der Waals surface area contributed by atoms with Crippen molar-refractivity contribution in [3.8, 4) is 0 Å². The zero-order valence-corrected chi connectivity index (χ0v) is 19.9. The molecule has 0 aromatic heterocycles. The smallest absolute Gasteiger partial charge is 0.0193 e. The molecule has 0 spiro atoms. The van der Waals surface area contributed by atoms with Gasteiger partial charge in [-0.1, -0.05) is 32.9 Å². The van der Waals surface area contributed by atoms with Gasteiger partial charge in [0, 0.05) is 23.0 Å². The fourth-order valence-corrected chi connectivity index (χ4v) is 6.53. The first-order valence-electron chi connectivity index (χ1n) is 9.97. The number of hydrogen-bond donors (Lipinski definition) is 0. The molecule has 146 valence electrons. The quantitative estimate of drug-likeness (QED) is 0.446. The van der Waals surface area contributed by atoms with Gasteiger partial charge in [0.1, 0.15) is 0 Å². The van der Waals surface area contributed by atoms with Gasteiger partial charge in [0.25, 0.3) is 0 Å². The maximum Gasteiger partial charge on any atom is 0.0193 e. The molecule has 1 aliphatic heterocycles. The van der Waals surface area contributed by atoms with Crippen LogP contribution in [0.5, 0.6) is 0 Å². The van der Waals surface area contributed by atoms with Crippen LogP contribution in [0.2, 0.25) is 0 Å². The van der Waals surface area contributed by atoms with Crippen molar-refractivity contribution in [2.45, 2.75) is 83.8 Å². The first-order valence-corrected chi connectivity index (χ1v) is 12.3. The van der Waals surface area contributed by atoms with E-state index in [0.717, 1.165) is 23.0 Å². The average molecular weight is 399 g/mol. The largest absolute Gasteiger partial charge is 0.152 e. The van der Waals surface area contributed by atoms with Crippen molar-refractivity contribution >= 4 is 23.5 Å². The molecule has 0 N–H and O–H groups in total. The van der Waals surface area contributed by atoms with Crippen LogP contribution in [0, 0.1) is 34.6 Å². The third-order valence-electron chi connectivity index (χ3n) is 6.43. The van der Waals surface area contributed by atoms with Gasteiger partial charge in [-0.15, -0.1) is 0 Å². The van der Waals surface area contributed by atoms with Crippen LogP contribution in [0.25, 0.3) is 0 Å².